The lowest BCUT2D eigenvalue weighted by atomic mass is 9.86. The minimum atomic E-state index is -1.47. The molecule has 0 bridgehead atoms. The molecule has 0 saturated heterocycles. The number of hydrogen-bond donors (Lipinski definition) is 1. The third-order valence-electron chi connectivity index (χ3n) is 4.27. The van der Waals surface area contributed by atoms with Gasteiger partial charge in [0.25, 0.3) is 0 Å². The molecule has 3 rings (SSSR count). The van der Waals surface area contributed by atoms with Crippen molar-refractivity contribution in [1.82, 2.24) is 14.6 Å². The molecule has 0 saturated carbocycles. The van der Waals surface area contributed by atoms with E-state index in [4.69, 9.17) is 4.74 Å². The Hall–Kier alpha value is -2.00. The molecule has 0 spiro atoms. The van der Waals surface area contributed by atoms with Gasteiger partial charge in [0.2, 0.25) is 0 Å². The lowest BCUT2D eigenvalue weighted by molar-refractivity contribution is -0.153. The molecule has 0 aliphatic heterocycles. The zero-order chi connectivity index (χ0) is 19.8. The number of aliphatic hydroxyl groups is 1. The van der Waals surface area contributed by atoms with Crippen molar-refractivity contribution >= 4 is 34.2 Å². The monoisotopic (exact) mass is 479 g/mol. The summed E-state index contributed by atoms with van der Waals surface area (Å²) in [6.45, 7) is 8.33. The first-order valence-corrected chi connectivity index (χ1v) is 9.81. The highest BCUT2D eigenvalue weighted by molar-refractivity contribution is 14.1. The van der Waals surface area contributed by atoms with Gasteiger partial charge >= 0.3 is 5.97 Å². The number of esters is 1. The van der Waals surface area contributed by atoms with Crippen molar-refractivity contribution in [2.45, 2.75) is 39.2 Å². The smallest absolute Gasteiger partial charge is 0.341 e. The summed E-state index contributed by atoms with van der Waals surface area (Å²) in [6, 6.07) is 11.6. The number of aromatic nitrogens is 3. The van der Waals surface area contributed by atoms with Crippen LogP contribution in [0.3, 0.4) is 0 Å². The Morgan fingerprint density at radius 1 is 1.22 bits per heavy atom. The van der Waals surface area contributed by atoms with Crippen LogP contribution in [0.1, 0.15) is 45.1 Å². The Labute approximate surface area is 171 Å². The van der Waals surface area contributed by atoms with Gasteiger partial charge in [0.05, 0.1) is 12.3 Å². The fourth-order valence-electron chi connectivity index (χ4n) is 2.85. The van der Waals surface area contributed by atoms with E-state index in [-0.39, 0.29) is 12.0 Å². The van der Waals surface area contributed by atoms with Crippen molar-refractivity contribution in [3.63, 3.8) is 0 Å². The molecule has 2 heterocycles. The zero-order valence-corrected chi connectivity index (χ0v) is 17.9. The Morgan fingerprint density at radius 3 is 2.48 bits per heavy atom. The molecule has 0 aliphatic carbocycles. The number of fused-ring (bicyclic) bond motifs is 1. The molecule has 1 N–H and O–H groups in total. The minimum absolute atomic E-state index is 0.0301. The maximum atomic E-state index is 12.2. The van der Waals surface area contributed by atoms with Crippen LogP contribution in [0.4, 0.5) is 0 Å². The van der Waals surface area contributed by atoms with Gasteiger partial charge in [-0.25, -0.2) is 14.3 Å². The van der Waals surface area contributed by atoms with Crippen molar-refractivity contribution in [3.05, 3.63) is 51.4 Å². The van der Waals surface area contributed by atoms with E-state index < -0.39 is 12.1 Å². The molecule has 1 atom stereocenters. The highest BCUT2D eigenvalue weighted by atomic mass is 127. The molecular formula is C20H22IN3O3. The summed E-state index contributed by atoms with van der Waals surface area (Å²) >= 11 is 2.08. The lowest BCUT2D eigenvalue weighted by Gasteiger charge is -2.19. The van der Waals surface area contributed by atoms with Gasteiger partial charge in [-0.1, -0.05) is 45.0 Å². The maximum absolute atomic E-state index is 12.2. The maximum Gasteiger partial charge on any atom is 0.341 e. The van der Waals surface area contributed by atoms with Crippen LogP contribution >= 0.6 is 22.6 Å². The molecule has 6 nitrogen and oxygen atoms in total. The molecule has 1 aromatic carbocycles. The van der Waals surface area contributed by atoms with Crippen molar-refractivity contribution in [2.24, 2.45) is 0 Å². The number of rotatable bonds is 4. The van der Waals surface area contributed by atoms with Gasteiger partial charge in [-0.3, -0.25) is 0 Å². The number of aliphatic hydroxyl groups excluding tert-OH is 1. The standard InChI is InChI=1S/C20H22IN3O3/c1-5-27-19(26)18(25)17-16(22-15-11-10-14(21)23-24(15)17)12-6-8-13(9-7-12)20(2,3)4/h6-11,18,25H,5H2,1-4H3. The molecular weight excluding hydrogens is 457 g/mol. The summed E-state index contributed by atoms with van der Waals surface area (Å²) in [5.74, 6) is -0.715. The summed E-state index contributed by atoms with van der Waals surface area (Å²) in [5.41, 5.74) is 3.42. The van der Waals surface area contributed by atoms with Crippen LogP contribution in [0.2, 0.25) is 0 Å². The van der Waals surface area contributed by atoms with Gasteiger partial charge in [-0.05, 0) is 52.6 Å². The lowest BCUT2D eigenvalue weighted by Crippen LogP contribution is -2.18. The summed E-state index contributed by atoms with van der Waals surface area (Å²) in [5, 5.41) is 15.1. The fourth-order valence-corrected chi connectivity index (χ4v) is 3.24. The largest absolute Gasteiger partial charge is 0.464 e. The molecule has 1 unspecified atom stereocenters. The van der Waals surface area contributed by atoms with E-state index in [9.17, 15) is 9.90 Å². The fraction of sp³-hybridized carbons (Fsp3) is 0.350. The predicted octanol–water partition coefficient (Wildman–Crippen LogP) is 3.89. The van der Waals surface area contributed by atoms with Crippen LogP contribution in [-0.2, 0) is 14.9 Å². The molecule has 0 fully saturated rings. The van der Waals surface area contributed by atoms with Gasteiger partial charge in [0.1, 0.15) is 9.39 Å². The van der Waals surface area contributed by atoms with E-state index in [0.29, 0.717) is 17.0 Å². The third kappa shape index (κ3) is 3.98. The van der Waals surface area contributed by atoms with Crippen LogP contribution in [0.15, 0.2) is 36.4 Å². The van der Waals surface area contributed by atoms with Crippen LogP contribution in [0.25, 0.3) is 16.9 Å². The molecule has 7 heteroatoms. The highest BCUT2D eigenvalue weighted by Gasteiger charge is 2.28. The Bertz CT molecular complexity index is 975. The molecule has 0 amide bonds. The van der Waals surface area contributed by atoms with E-state index in [2.05, 4.69) is 53.4 Å². The molecule has 2 aromatic heterocycles. The second kappa shape index (κ2) is 7.55. The van der Waals surface area contributed by atoms with Crippen LogP contribution in [-0.4, -0.2) is 32.3 Å². The molecule has 0 aliphatic rings. The second-order valence-corrected chi connectivity index (χ2v) is 8.36. The zero-order valence-electron chi connectivity index (χ0n) is 15.7. The highest BCUT2D eigenvalue weighted by Crippen LogP contribution is 2.31. The van der Waals surface area contributed by atoms with Crippen LogP contribution < -0.4 is 0 Å². The number of ether oxygens (including phenoxy) is 1. The number of hydrogen-bond acceptors (Lipinski definition) is 5. The predicted molar refractivity (Wildman–Crippen MR) is 111 cm³/mol. The van der Waals surface area contributed by atoms with Crippen molar-refractivity contribution < 1.29 is 14.6 Å². The van der Waals surface area contributed by atoms with Crippen LogP contribution in [0, 0.1) is 3.70 Å². The second-order valence-electron chi connectivity index (χ2n) is 7.25. The molecule has 3 aromatic rings. The SMILES string of the molecule is CCOC(=O)C(O)c1c(-c2ccc(C(C)(C)C)cc2)nc2ccc(I)nn12. The van der Waals surface area contributed by atoms with Crippen molar-refractivity contribution in [2.75, 3.05) is 6.61 Å². The van der Waals surface area contributed by atoms with E-state index in [1.165, 1.54) is 10.1 Å². The van der Waals surface area contributed by atoms with Gasteiger partial charge < -0.3 is 9.84 Å². The Morgan fingerprint density at radius 2 is 1.89 bits per heavy atom. The van der Waals surface area contributed by atoms with E-state index in [1.54, 1.807) is 6.92 Å². The normalized spacial score (nSPS) is 13.0. The number of nitrogens with zero attached hydrogens (tertiary/aromatic N) is 3. The molecule has 27 heavy (non-hydrogen) atoms. The van der Waals surface area contributed by atoms with Crippen LogP contribution in [0.5, 0.6) is 0 Å². The first kappa shape index (κ1) is 19.8. The Balaban J connectivity index is 2.17. The first-order chi connectivity index (χ1) is 12.7. The molecule has 142 valence electrons. The first-order valence-electron chi connectivity index (χ1n) is 8.73. The summed E-state index contributed by atoms with van der Waals surface area (Å²) in [4.78, 5) is 16.8. The van der Waals surface area contributed by atoms with Gasteiger partial charge in [-0.2, -0.15) is 5.10 Å². The summed E-state index contributed by atoms with van der Waals surface area (Å²) < 4.78 is 7.24. The van der Waals surface area contributed by atoms with Gasteiger partial charge in [0.15, 0.2) is 11.8 Å². The Kier molecular flexibility index (Phi) is 5.53. The van der Waals surface area contributed by atoms with Crippen molar-refractivity contribution in [1.29, 1.82) is 0 Å². The van der Waals surface area contributed by atoms with Gasteiger partial charge in [0, 0.05) is 5.56 Å². The summed E-state index contributed by atoms with van der Waals surface area (Å²) in [6.07, 6.45) is -1.47. The number of halogens is 1. The number of carbonyl (C=O) groups excluding carboxylic acids is 1. The van der Waals surface area contributed by atoms with Crippen molar-refractivity contribution in [3.8, 4) is 11.3 Å². The summed E-state index contributed by atoms with van der Waals surface area (Å²) in [7, 11) is 0. The van der Waals surface area contributed by atoms with E-state index >= 15 is 0 Å². The number of imidazole rings is 1. The van der Waals surface area contributed by atoms with Gasteiger partial charge in [-0.15, -0.1) is 0 Å². The number of benzene rings is 1. The quantitative estimate of drug-likeness (QED) is 0.454. The molecule has 0 radical (unpaired) electrons. The third-order valence-corrected chi connectivity index (χ3v) is 4.85. The van der Waals surface area contributed by atoms with E-state index in [0.717, 1.165) is 9.26 Å². The average Bonchev–Trinajstić information content (AvgIpc) is 2.99. The topological polar surface area (TPSA) is 76.7 Å². The van der Waals surface area contributed by atoms with E-state index in [1.807, 2.05) is 36.4 Å². The minimum Gasteiger partial charge on any atom is -0.464 e. The average molecular weight is 479 g/mol. The number of carbonyl (C=O) groups is 1.